The van der Waals surface area contributed by atoms with Crippen LogP contribution in [0.2, 0.25) is 0 Å². The lowest BCUT2D eigenvalue weighted by atomic mass is 10.0. The van der Waals surface area contributed by atoms with Crippen molar-refractivity contribution in [2.24, 2.45) is 0 Å². The Labute approximate surface area is 471 Å². The molecule has 17 rings (SSSR count). The Morgan fingerprint density at radius 1 is 0.256 bits per heavy atom. The van der Waals surface area contributed by atoms with Crippen LogP contribution in [0.5, 0.6) is 0 Å². The second-order valence-corrected chi connectivity index (χ2v) is 21.8. The zero-order valence-electron chi connectivity index (χ0n) is 45.0. The van der Waals surface area contributed by atoms with Crippen molar-refractivity contribution < 1.29 is 8.83 Å². The second kappa shape index (κ2) is 17.8. The normalized spacial score (nSPS) is 12.0. The van der Waals surface area contributed by atoms with Gasteiger partial charge in [-0.25, -0.2) is 0 Å². The highest BCUT2D eigenvalue weighted by molar-refractivity contribution is 6.19. The highest BCUT2D eigenvalue weighted by Gasteiger charge is 2.23. The molecular formula is C76H50N4O2. The molecule has 4 heterocycles. The summed E-state index contributed by atoms with van der Waals surface area (Å²) in [7, 11) is 0. The topological polar surface area (TPSA) is 42.6 Å². The summed E-state index contributed by atoms with van der Waals surface area (Å²) in [4.78, 5) is 4.78. The van der Waals surface area contributed by atoms with Crippen molar-refractivity contribution in [2.45, 2.75) is 13.8 Å². The average molecular weight is 1050 g/mol. The number of hydrogen-bond donors (Lipinski definition) is 0. The van der Waals surface area contributed by atoms with Gasteiger partial charge in [0, 0.05) is 94.7 Å². The van der Waals surface area contributed by atoms with Crippen LogP contribution in [0.25, 0.3) is 120 Å². The first-order chi connectivity index (χ1) is 40.5. The molecule has 6 heteroatoms. The van der Waals surface area contributed by atoms with Crippen LogP contribution in [-0.2, 0) is 0 Å². The van der Waals surface area contributed by atoms with Crippen molar-refractivity contribution in [2.75, 3.05) is 9.80 Å². The Kier molecular flexibility index (Phi) is 10.0. The van der Waals surface area contributed by atoms with Gasteiger partial charge in [-0.3, -0.25) is 0 Å². The lowest BCUT2D eigenvalue weighted by Gasteiger charge is -2.27. The van der Waals surface area contributed by atoms with E-state index in [-0.39, 0.29) is 0 Å². The highest BCUT2D eigenvalue weighted by Crippen LogP contribution is 2.46. The van der Waals surface area contributed by atoms with Crippen molar-refractivity contribution in [3.63, 3.8) is 0 Å². The van der Waals surface area contributed by atoms with E-state index in [4.69, 9.17) is 8.83 Å². The third-order valence-electron chi connectivity index (χ3n) is 17.0. The number of para-hydroxylation sites is 6. The van der Waals surface area contributed by atoms with E-state index in [1.165, 1.54) is 43.7 Å². The molecule has 0 amide bonds. The summed E-state index contributed by atoms with van der Waals surface area (Å²) in [5.74, 6) is 0. The number of benzene rings is 13. The predicted molar refractivity (Wildman–Crippen MR) is 344 cm³/mol. The third kappa shape index (κ3) is 7.08. The molecule has 0 aliphatic heterocycles. The molecule has 0 unspecified atom stereocenters. The van der Waals surface area contributed by atoms with E-state index in [9.17, 15) is 0 Å². The van der Waals surface area contributed by atoms with E-state index in [0.717, 1.165) is 122 Å². The molecule has 0 saturated carbocycles. The summed E-state index contributed by atoms with van der Waals surface area (Å²) in [5, 5.41) is 13.6. The smallest absolute Gasteiger partial charge is 0.139 e. The number of hydrogen-bond acceptors (Lipinski definition) is 4. The Morgan fingerprint density at radius 2 is 0.622 bits per heavy atom. The minimum atomic E-state index is 0.796. The molecule has 386 valence electrons. The maximum Gasteiger partial charge on any atom is 0.139 e. The fraction of sp³-hybridized carbons (Fsp3) is 0.0263. The molecule has 82 heavy (non-hydrogen) atoms. The molecule has 13 aromatic carbocycles. The Morgan fingerprint density at radius 3 is 1.09 bits per heavy atom. The first-order valence-corrected chi connectivity index (χ1v) is 28.0. The van der Waals surface area contributed by atoms with Crippen LogP contribution in [-0.4, -0.2) is 9.13 Å². The SMILES string of the molecule is Cc1ccccc1N(c1ccc2cc3c(cc2c1)oc1cc2oc4cc5cc(N(c6ccc7c8ccccc8n(-c8ccccc8)c7c6)c6ccccc6C)ccc5cc4c2cc13)c1ccc2c3ccccc3n(-c3ccccc3)c2c1. The van der Waals surface area contributed by atoms with Gasteiger partial charge in [-0.15, -0.1) is 0 Å². The van der Waals surface area contributed by atoms with Gasteiger partial charge in [0.05, 0.1) is 22.1 Å². The Balaban J connectivity index is 0.762. The van der Waals surface area contributed by atoms with Crippen LogP contribution in [0.3, 0.4) is 0 Å². The summed E-state index contributed by atoms with van der Waals surface area (Å²) in [6.07, 6.45) is 0. The first-order valence-electron chi connectivity index (χ1n) is 28.0. The van der Waals surface area contributed by atoms with Gasteiger partial charge in [0.1, 0.15) is 22.3 Å². The van der Waals surface area contributed by atoms with Gasteiger partial charge >= 0.3 is 0 Å². The maximum absolute atomic E-state index is 6.79. The third-order valence-corrected chi connectivity index (χ3v) is 17.0. The summed E-state index contributed by atoms with van der Waals surface area (Å²) in [6.45, 7) is 4.38. The van der Waals surface area contributed by atoms with Gasteiger partial charge in [0.25, 0.3) is 0 Å². The second-order valence-electron chi connectivity index (χ2n) is 21.8. The molecule has 17 aromatic rings. The number of nitrogens with zero attached hydrogens (tertiary/aromatic N) is 4. The molecule has 4 aromatic heterocycles. The summed E-state index contributed by atoms with van der Waals surface area (Å²) >= 11 is 0. The lowest BCUT2D eigenvalue weighted by molar-refractivity contribution is 0.656. The lowest BCUT2D eigenvalue weighted by Crippen LogP contribution is -2.11. The number of anilines is 6. The van der Waals surface area contributed by atoms with Crippen LogP contribution in [0.15, 0.2) is 276 Å². The zero-order valence-corrected chi connectivity index (χ0v) is 45.0. The summed E-state index contributed by atoms with van der Waals surface area (Å²) in [5.41, 5.74) is 19.1. The van der Waals surface area contributed by atoms with Crippen LogP contribution >= 0.6 is 0 Å². The molecule has 0 fully saturated rings. The molecule has 0 saturated heterocycles. The number of aryl methyl sites for hydroxylation is 2. The van der Waals surface area contributed by atoms with Gasteiger partial charge in [-0.1, -0.05) is 133 Å². The average Bonchev–Trinajstić information content (AvgIpc) is 4.45. The molecule has 0 bridgehead atoms. The molecule has 6 nitrogen and oxygen atoms in total. The fourth-order valence-corrected chi connectivity index (χ4v) is 13.2. The van der Waals surface area contributed by atoms with E-state index in [0.29, 0.717) is 0 Å². The van der Waals surface area contributed by atoms with Crippen LogP contribution in [0, 0.1) is 13.8 Å². The molecule has 0 atom stereocenters. The van der Waals surface area contributed by atoms with Gasteiger partial charge in [0.2, 0.25) is 0 Å². The molecule has 0 N–H and O–H groups in total. The van der Waals surface area contributed by atoms with E-state index in [1.54, 1.807) is 0 Å². The van der Waals surface area contributed by atoms with Crippen LogP contribution in [0.1, 0.15) is 11.1 Å². The fourth-order valence-electron chi connectivity index (χ4n) is 13.2. The van der Waals surface area contributed by atoms with Crippen molar-refractivity contribution in [3.8, 4) is 11.4 Å². The number of furan rings is 2. The van der Waals surface area contributed by atoms with Gasteiger partial charge in [-0.2, -0.15) is 0 Å². The summed E-state index contributed by atoms with van der Waals surface area (Å²) in [6, 6.07) is 96.7. The van der Waals surface area contributed by atoms with Gasteiger partial charge < -0.3 is 27.8 Å². The molecule has 0 aliphatic rings. The minimum absolute atomic E-state index is 0.796. The number of aromatic nitrogens is 2. The van der Waals surface area contributed by atoms with Crippen molar-refractivity contribution >= 4 is 143 Å². The first kappa shape index (κ1) is 46.1. The number of fused-ring (bicyclic) bond motifs is 14. The van der Waals surface area contributed by atoms with E-state index in [1.807, 2.05) is 0 Å². The monoisotopic (exact) mass is 1050 g/mol. The minimum Gasteiger partial charge on any atom is -0.456 e. The molecule has 0 spiro atoms. The Hall–Kier alpha value is -10.8. The molecular weight excluding hydrogens is 1000 g/mol. The van der Waals surface area contributed by atoms with Crippen LogP contribution in [0.4, 0.5) is 34.1 Å². The van der Waals surface area contributed by atoms with Crippen molar-refractivity contribution in [1.82, 2.24) is 9.13 Å². The van der Waals surface area contributed by atoms with E-state index < -0.39 is 0 Å². The molecule has 0 radical (unpaired) electrons. The largest absolute Gasteiger partial charge is 0.456 e. The van der Waals surface area contributed by atoms with Crippen molar-refractivity contribution in [3.05, 3.63) is 278 Å². The summed E-state index contributed by atoms with van der Waals surface area (Å²) < 4.78 is 18.4. The predicted octanol–water partition coefficient (Wildman–Crippen LogP) is 21.5. The maximum atomic E-state index is 6.79. The van der Waals surface area contributed by atoms with Crippen LogP contribution < -0.4 is 9.80 Å². The Bertz CT molecular complexity index is 5120. The van der Waals surface area contributed by atoms with E-state index >= 15 is 0 Å². The van der Waals surface area contributed by atoms with Gasteiger partial charge in [0.15, 0.2) is 0 Å². The molecule has 0 aliphatic carbocycles. The van der Waals surface area contributed by atoms with E-state index in [2.05, 4.69) is 300 Å². The zero-order chi connectivity index (χ0) is 54.2. The van der Waals surface area contributed by atoms with Crippen molar-refractivity contribution in [1.29, 1.82) is 0 Å². The highest BCUT2D eigenvalue weighted by atomic mass is 16.3. The quantitative estimate of drug-likeness (QED) is 0.152. The van der Waals surface area contributed by atoms with Gasteiger partial charge in [-0.05, 0) is 174 Å². The standard InChI is InChI=1S/C76H50N4O2/c1-47-17-9-13-25-67(47)77(57-33-35-61-59-23-11-15-27-69(59)79(71(61)43-57)53-19-5-3-6-20-53)55-31-29-49-39-63-65-45-66-64-40-50-30-32-56(38-52(50)42-74(64)82-76(66)46-75(65)81-73(63)41-51(49)37-55)78(68-26-14-10-18-48(68)2)58-34-36-62-60-24-12-16-28-70(60)80(72(62)44-58)54-21-7-4-8-22-54/h3-46H,1-2H3. The number of rotatable bonds is 8.